The van der Waals surface area contributed by atoms with Gasteiger partial charge < -0.3 is 5.73 Å². The molecular formula is C10H19BrN2. The van der Waals surface area contributed by atoms with Gasteiger partial charge >= 0.3 is 0 Å². The van der Waals surface area contributed by atoms with Crippen LogP contribution in [0.15, 0.2) is 11.1 Å². The lowest BCUT2D eigenvalue weighted by molar-refractivity contribution is 0.119. The standard InChI is InChI=1S/C10H19BrN2/c1-8-4-3-5-13(7-9(2)11)10(8)6-12/h8,10H,2-7,12H2,1H3. The second-order valence-electron chi connectivity index (χ2n) is 3.91. The third-order valence-corrected chi connectivity index (χ3v) is 3.10. The fraction of sp³-hybridized carbons (Fsp3) is 0.800. The third-order valence-electron chi connectivity index (χ3n) is 2.85. The van der Waals surface area contributed by atoms with Crippen molar-refractivity contribution in [2.45, 2.75) is 25.8 Å². The molecule has 2 nitrogen and oxygen atoms in total. The first-order chi connectivity index (χ1) is 6.15. The van der Waals surface area contributed by atoms with Gasteiger partial charge in [0, 0.05) is 23.6 Å². The van der Waals surface area contributed by atoms with Gasteiger partial charge in [0.2, 0.25) is 0 Å². The molecule has 76 valence electrons. The first-order valence-corrected chi connectivity index (χ1v) is 5.72. The topological polar surface area (TPSA) is 29.3 Å². The van der Waals surface area contributed by atoms with Crippen LogP contribution in [0.5, 0.6) is 0 Å². The zero-order valence-corrected chi connectivity index (χ0v) is 9.89. The first-order valence-electron chi connectivity index (χ1n) is 4.92. The molecular weight excluding hydrogens is 228 g/mol. The summed E-state index contributed by atoms with van der Waals surface area (Å²) in [6.45, 7) is 9.04. The summed E-state index contributed by atoms with van der Waals surface area (Å²) in [5, 5.41) is 0. The SMILES string of the molecule is C=C(Br)CN1CCCC(C)C1CN. The summed E-state index contributed by atoms with van der Waals surface area (Å²) in [5.41, 5.74) is 5.77. The van der Waals surface area contributed by atoms with Gasteiger partial charge in [-0.2, -0.15) is 0 Å². The summed E-state index contributed by atoms with van der Waals surface area (Å²) in [4.78, 5) is 2.44. The molecule has 2 unspecified atom stereocenters. The van der Waals surface area contributed by atoms with E-state index in [9.17, 15) is 0 Å². The minimum atomic E-state index is 0.544. The maximum atomic E-state index is 5.77. The van der Waals surface area contributed by atoms with E-state index >= 15 is 0 Å². The molecule has 1 rings (SSSR count). The molecule has 0 aromatic heterocycles. The minimum absolute atomic E-state index is 0.544. The van der Waals surface area contributed by atoms with Gasteiger partial charge in [-0.05, 0) is 25.3 Å². The third kappa shape index (κ3) is 3.08. The summed E-state index contributed by atoms with van der Waals surface area (Å²) in [5.74, 6) is 0.727. The molecule has 2 atom stereocenters. The Balaban J connectivity index is 2.53. The van der Waals surface area contributed by atoms with E-state index < -0.39 is 0 Å². The van der Waals surface area contributed by atoms with Crippen LogP contribution in [0.2, 0.25) is 0 Å². The van der Waals surface area contributed by atoms with Crippen molar-refractivity contribution in [3.05, 3.63) is 11.1 Å². The molecule has 1 aliphatic rings. The highest BCUT2D eigenvalue weighted by atomic mass is 79.9. The molecule has 0 aromatic carbocycles. The number of rotatable bonds is 3. The predicted octanol–water partition coefficient (Wildman–Crippen LogP) is 1.95. The van der Waals surface area contributed by atoms with Gasteiger partial charge in [-0.15, -0.1) is 0 Å². The molecule has 0 aromatic rings. The van der Waals surface area contributed by atoms with Crippen molar-refractivity contribution in [2.75, 3.05) is 19.6 Å². The molecule has 1 saturated heterocycles. The molecule has 13 heavy (non-hydrogen) atoms. The molecule has 0 radical (unpaired) electrons. The van der Waals surface area contributed by atoms with Crippen LogP contribution in [0.3, 0.4) is 0 Å². The Morgan fingerprint density at radius 1 is 1.69 bits per heavy atom. The number of piperidine rings is 1. The number of halogens is 1. The van der Waals surface area contributed by atoms with E-state index in [4.69, 9.17) is 5.73 Å². The van der Waals surface area contributed by atoms with Crippen LogP contribution in [0.4, 0.5) is 0 Å². The Kier molecular flexibility index (Phi) is 4.42. The number of hydrogen-bond donors (Lipinski definition) is 1. The van der Waals surface area contributed by atoms with E-state index in [1.807, 2.05) is 0 Å². The monoisotopic (exact) mass is 246 g/mol. The van der Waals surface area contributed by atoms with Crippen LogP contribution in [-0.4, -0.2) is 30.6 Å². The Hall–Kier alpha value is 0.140. The molecule has 0 aliphatic carbocycles. The summed E-state index contributed by atoms with van der Waals surface area (Å²) >= 11 is 3.41. The van der Waals surface area contributed by atoms with Gasteiger partial charge in [0.1, 0.15) is 0 Å². The Morgan fingerprint density at radius 3 is 2.92 bits per heavy atom. The highest BCUT2D eigenvalue weighted by Crippen LogP contribution is 2.23. The largest absolute Gasteiger partial charge is 0.329 e. The lowest BCUT2D eigenvalue weighted by Crippen LogP contribution is -2.48. The van der Waals surface area contributed by atoms with Crippen molar-refractivity contribution in [3.8, 4) is 0 Å². The van der Waals surface area contributed by atoms with Gasteiger partial charge in [-0.3, -0.25) is 4.90 Å². The quantitative estimate of drug-likeness (QED) is 0.826. The second kappa shape index (κ2) is 5.13. The Morgan fingerprint density at radius 2 is 2.38 bits per heavy atom. The number of likely N-dealkylation sites (tertiary alicyclic amines) is 1. The maximum absolute atomic E-state index is 5.77. The fourth-order valence-corrected chi connectivity index (χ4v) is 2.45. The molecule has 3 heteroatoms. The van der Waals surface area contributed by atoms with E-state index in [0.717, 1.165) is 30.0 Å². The smallest absolute Gasteiger partial charge is 0.0297 e. The molecule has 0 spiro atoms. The van der Waals surface area contributed by atoms with Crippen molar-refractivity contribution in [1.82, 2.24) is 4.90 Å². The van der Waals surface area contributed by atoms with Crippen molar-refractivity contribution in [2.24, 2.45) is 11.7 Å². The molecule has 0 saturated carbocycles. The van der Waals surface area contributed by atoms with Gasteiger partial charge in [0.05, 0.1) is 0 Å². The average molecular weight is 247 g/mol. The van der Waals surface area contributed by atoms with E-state index in [1.165, 1.54) is 12.8 Å². The van der Waals surface area contributed by atoms with Crippen molar-refractivity contribution >= 4 is 15.9 Å². The number of nitrogens with two attached hydrogens (primary N) is 1. The van der Waals surface area contributed by atoms with E-state index in [2.05, 4.69) is 34.3 Å². The van der Waals surface area contributed by atoms with E-state index in [1.54, 1.807) is 0 Å². The van der Waals surface area contributed by atoms with Gasteiger partial charge in [0.15, 0.2) is 0 Å². The van der Waals surface area contributed by atoms with E-state index in [-0.39, 0.29) is 0 Å². The Labute approximate surface area is 89.3 Å². The fourth-order valence-electron chi connectivity index (χ4n) is 2.13. The molecule has 0 amide bonds. The van der Waals surface area contributed by atoms with Crippen molar-refractivity contribution in [1.29, 1.82) is 0 Å². The van der Waals surface area contributed by atoms with Crippen LogP contribution in [0.25, 0.3) is 0 Å². The van der Waals surface area contributed by atoms with Crippen LogP contribution in [0.1, 0.15) is 19.8 Å². The van der Waals surface area contributed by atoms with E-state index in [0.29, 0.717) is 6.04 Å². The molecule has 1 fully saturated rings. The normalized spacial score (nSPS) is 30.4. The van der Waals surface area contributed by atoms with Crippen molar-refractivity contribution < 1.29 is 0 Å². The predicted molar refractivity (Wildman–Crippen MR) is 60.9 cm³/mol. The summed E-state index contributed by atoms with van der Waals surface area (Å²) < 4.78 is 1.06. The lowest BCUT2D eigenvalue weighted by Gasteiger charge is -2.39. The summed E-state index contributed by atoms with van der Waals surface area (Å²) in [6.07, 6.45) is 2.60. The molecule has 1 heterocycles. The minimum Gasteiger partial charge on any atom is -0.329 e. The summed E-state index contributed by atoms with van der Waals surface area (Å²) in [6, 6.07) is 0.544. The zero-order valence-electron chi connectivity index (χ0n) is 8.30. The molecule has 0 bridgehead atoms. The van der Waals surface area contributed by atoms with Crippen LogP contribution in [0, 0.1) is 5.92 Å². The highest BCUT2D eigenvalue weighted by molar-refractivity contribution is 9.11. The van der Waals surface area contributed by atoms with Crippen LogP contribution < -0.4 is 5.73 Å². The maximum Gasteiger partial charge on any atom is 0.0297 e. The van der Waals surface area contributed by atoms with Crippen molar-refractivity contribution in [3.63, 3.8) is 0 Å². The zero-order chi connectivity index (χ0) is 9.84. The molecule has 1 aliphatic heterocycles. The Bertz CT molecular complexity index is 182. The lowest BCUT2D eigenvalue weighted by atomic mass is 9.91. The summed E-state index contributed by atoms with van der Waals surface area (Å²) in [7, 11) is 0. The average Bonchev–Trinajstić information content (AvgIpc) is 2.03. The van der Waals surface area contributed by atoms with Gasteiger partial charge in [-0.25, -0.2) is 0 Å². The molecule has 2 N–H and O–H groups in total. The second-order valence-corrected chi connectivity index (χ2v) is 5.03. The van der Waals surface area contributed by atoms with Gasteiger partial charge in [-0.1, -0.05) is 29.4 Å². The first kappa shape index (κ1) is 11.2. The van der Waals surface area contributed by atoms with Crippen LogP contribution in [-0.2, 0) is 0 Å². The van der Waals surface area contributed by atoms with Crippen LogP contribution >= 0.6 is 15.9 Å². The van der Waals surface area contributed by atoms with Gasteiger partial charge in [0.25, 0.3) is 0 Å². The number of hydrogen-bond acceptors (Lipinski definition) is 2. The highest BCUT2D eigenvalue weighted by Gasteiger charge is 2.26. The number of nitrogens with zero attached hydrogens (tertiary/aromatic N) is 1.